The van der Waals surface area contributed by atoms with Crippen molar-refractivity contribution in [1.82, 2.24) is 4.98 Å². The second-order valence-corrected chi connectivity index (χ2v) is 3.62. The van der Waals surface area contributed by atoms with Crippen LogP contribution in [0.5, 0.6) is 0 Å². The zero-order valence-corrected chi connectivity index (χ0v) is 9.08. The number of rotatable bonds is 5. The van der Waals surface area contributed by atoms with E-state index in [9.17, 15) is 5.21 Å². The molecule has 0 saturated carbocycles. The van der Waals surface area contributed by atoms with Gasteiger partial charge in [-0.3, -0.25) is 5.21 Å². The van der Waals surface area contributed by atoms with E-state index >= 15 is 0 Å². The Morgan fingerprint density at radius 2 is 2.19 bits per heavy atom. The molecule has 0 radical (unpaired) electrons. The average molecular weight is 224 g/mol. The highest BCUT2D eigenvalue weighted by Crippen LogP contribution is 2.12. The summed E-state index contributed by atoms with van der Waals surface area (Å²) in [5, 5.41) is 10.8. The Kier molecular flexibility index (Phi) is 4.10. The number of nitrogens with zero attached hydrogens (tertiary/aromatic N) is 2. The van der Waals surface area contributed by atoms with Gasteiger partial charge >= 0.3 is 0 Å². The van der Waals surface area contributed by atoms with Crippen LogP contribution in [-0.2, 0) is 9.47 Å². The maximum absolute atomic E-state index is 9.68. The summed E-state index contributed by atoms with van der Waals surface area (Å²) in [5.41, 5.74) is 0. The summed E-state index contributed by atoms with van der Waals surface area (Å²) in [6.45, 7) is 1.88. The minimum absolute atomic E-state index is 0.0999. The first-order chi connectivity index (χ1) is 7.86. The van der Waals surface area contributed by atoms with Crippen molar-refractivity contribution < 1.29 is 14.7 Å². The predicted octanol–water partition coefficient (Wildman–Crippen LogP) is 1.43. The lowest BCUT2D eigenvalue weighted by molar-refractivity contribution is -0.0478. The lowest BCUT2D eigenvalue weighted by Gasteiger charge is -2.16. The molecule has 1 saturated heterocycles. The summed E-state index contributed by atoms with van der Waals surface area (Å²) in [7, 11) is 0. The standard InChI is InChI=1S/C11H16N2O3/c14-13(10-4-1-2-6-12-10)7-3-5-11-15-8-9-16-11/h1-2,4,6,11,14H,3,5,7-9H2. The fourth-order valence-electron chi connectivity index (χ4n) is 1.60. The molecule has 1 aromatic rings. The Morgan fingerprint density at radius 1 is 1.38 bits per heavy atom. The summed E-state index contributed by atoms with van der Waals surface area (Å²) in [6, 6.07) is 5.43. The van der Waals surface area contributed by atoms with E-state index in [2.05, 4.69) is 4.98 Å². The van der Waals surface area contributed by atoms with Crippen LogP contribution < -0.4 is 5.06 Å². The van der Waals surface area contributed by atoms with E-state index in [0.717, 1.165) is 17.9 Å². The summed E-state index contributed by atoms with van der Waals surface area (Å²) in [6.07, 6.45) is 3.15. The average Bonchev–Trinajstić information content (AvgIpc) is 2.83. The second kappa shape index (κ2) is 5.79. The van der Waals surface area contributed by atoms with Crippen LogP contribution in [0, 0.1) is 0 Å². The van der Waals surface area contributed by atoms with Crippen LogP contribution in [0.15, 0.2) is 24.4 Å². The molecule has 0 aliphatic carbocycles. The van der Waals surface area contributed by atoms with Gasteiger partial charge in [0.05, 0.1) is 13.2 Å². The highest BCUT2D eigenvalue weighted by molar-refractivity contribution is 5.33. The van der Waals surface area contributed by atoms with Gasteiger partial charge in [-0.05, 0) is 18.6 Å². The Bertz CT molecular complexity index is 301. The molecule has 0 atom stereocenters. The van der Waals surface area contributed by atoms with Crippen LogP contribution in [-0.4, -0.2) is 36.2 Å². The van der Waals surface area contributed by atoms with Gasteiger partial charge in [0, 0.05) is 19.2 Å². The van der Waals surface area contributed by atoms with Gasteiger partial charge in [-0.2, -0.15) is 0 Å². The van der Waals surface area contributed by atoms with Crippen molar-refractivity contribution in [3.05, 3.63) is 24.4 Å². The molecule has 0 unspecified atom stereocenters. The summed E-state index contributed by atoms with van der Waals surface area (Å²) in [5.74, 6) is 0.566. The minimum Gasteiger partial charge on any atom is -0.350 e. The van der Waals surface area contributed by atoms with Gasteiger partial charge < -0.3 is 9.47 Å². The monoisotopic (exact) mass is 224 g/mol. The molecule has 0 spiro atoms. The largest absolute Gasteiger partial charge is 0.350 e. The predicted molar refractivity (Wildman–Crippen MR) is 58.3 cm³/mol. The van der Waals surface area contributed by atoms with Crippen molar-refractivity contribution in [2.45, 2.75) is 19.1 Å². The Morgan fingerprint density at radius 3 is 2.88 bits per heavy atom. The Hall–Kier alpha value is -1.17. The lowest BCUT2D eigenvalue weighted by atomic mass is 10.3. The number of ether oxygens (including phenoxy) is 2. The third-order valence-electron chi connectivity index (χ3n) is 2.41. The molecule has 0 bridgehead atoms. The molecule has 88 valence electrons. The molecule has 0 aromatic carbocycles. The molecule has 16 heavy (non-hydrogen) atoms. The van der Waals surface area contributed by atoms with Crippen LogP contribution in [0.1, 0.15) is 12.8 Å². The number of hydroxylamine groups is 1. The molecule has 1 aromatic heterocycles. The maximum Gasteiger partial charge on any atom is 0.157 e. The molecule has 5 nitrogen and oxygen atoms in total. The highest BCUT2D eigenvalue weighted by atomic mass is 16.7. The molecular formula is C11H16N2O3. The molecule has 2 heterocycles. The summed E-state index contributed by atoms with van der Waals surface area (Å²) < 4.78 is 10.6. The third-order valence-corrected chi connectivity index (χ3v) is 2.41. The Labute approximate surface area is 94.6 Å². The van der Waals surface area contributed by atoms with Gasteiger partial charge in [0.15, 0.2) is 12.1 Å². The highest BCUT2D eigenvalue weighted by Gasteiger charge is 2.15. The number of hydrogen-bond acceptors (Lipinski definition) is 5. The van der Waals surface area contributed by atoms with Crippen LogP contribution in [0.2, 0.25) is 0 Å². The molecular weight excluding hydrogens is 208 g/mol. The Balaban J connectivity index is 1.69. The van der Waals surface area contributed by atoms with Gasteiger partial charge in [0.1, 0.15) is 0 Å². The molecule has 2 rings (SSSR count). The lowest BCUT2D eigenvalue weighted by Crippen LogP contribution is -2.22. The fraction of sp³-hybridized carbons (Fsp3) is 0.545. The summed E-state index contributed by atoms with van der Waals surface area (Å²) in [4.78, 5) is 4.04. The fourth-order valence-corrected chi connectivity index (χ4v) is 1.60. The number of aromatic nitrogens is 1. The first-order valence-corrected chi connectivity index (χ1v) is 5.47. The van der Waals surface area contributed by atoms with Crippen molar-refractivity contribution in [2.75, 3.05) is 24.8 Å². The maximum atomic E-state index is 9.68. The second-order valence-electron chi connectivity index (χ2n) is 3.62. The van der Waals surface area contributed by atoms with Crippen molar-refractivity contribution in [3.63, 3.8) is 0 Å². The smallest absolute Gasteiger partial charge is 0.157 e. The van der Waals surface area contributed by atoms with Crippen LogP contribution >= 0.6 is 0 Å². The van der Waals surface area contributed by atoms with E-state index in [4.69, 9.17) is 9.47 Å². The molecule has 5 heteroatoms. The number of hydrogen-bond donors (Lipinski definition) is 1. The summed E-state index contributed by atoms with van der Waals surface area (Å²) >= 11 is 0. The van der Waals surface area contributed by atoms with Crippen molar-refractivity contribution in [1.29, 1.82) is 0 Å². The van der Waals surface area contributed by atoms with E-state index in [1.807, 2.05) is 12.1 Å². The molecule has 1 aliphatic heterocycles. The third kappa shape index (κ3) is 3.16. The van der Waals surface area contributed by atoms with Gasteiger partial charge in [-0.1, -0.05) is 6.07 Å². The molecule has 1 fully saturated rings. The van der Waals surface area contributed by atoms with Crippen LogP contribution in [0.25, 0.3) is 0 Å². The van der Waals surface area contributed by atoms with Crippen molar-refractivity contribution in [3.8, 4) is 0 Å². The first-order valence-electron chi connectivity index (χ1n) is 5.47. The van der Waals surface area contributed by atoms with E-state index in [1.54, 1.807) is 12.3 Å². The SMILES string of the molecule is ON(CCCC1OCCO1)c1ccccn1. The van der Waals surface area contributed by atoms with Gasteiger partial charge in [0.25, 0.3) is 0 Å². The number of pyridine rings is 1. The molecule has 1 N–H and O–H groups in total. The van der Waals surface area contributed by atoms with Crippen LogP contribution in [0.3, 0.4) is 0 Å². The number of anilines is 1. The van der Waals surface area contributed by atoms with Crippen molar-refractivity contribution >= 4 is 5.82 Å². The minimum atomic E-state index is -0.0999. The zero-order chi connectivity index (χ0) is 11.2. The van der Waals surface area contributed by atoms with E-state index in [1.165, 1.54) is 0 Å². The first kappa shape index (κ1) is 11.3. The van der Waals surface area contributed by atoms with E-state index in [-0.39, 0.29) is 6.29 Å². The normalized spacial score (nSPS) is 16.6. The van der Waals surface area contributed by atoms with Gasteiger partial charge in [-0.25, -0.2) is 10.0 Å². The van der Waals surface area contributed by atoms with E-state index < -0.39 is 0 Å². The van der Waals surface area contributed by atoms with E-state index in [0.29, 0.717) is 25.6 Å². The van der Waals surface area contributed by atoms with Gasteiger partial charge in [-0.15, -0.1) is 0 Å². The zero-order valence-electron chi connectivity index (χ0n) is 9.08. The van der Waals surface area contributed by atoms with Crippen molar-refractivity contribution in [2.24, 2.45) is 0 Å². The molecule has 1 aliphatic rings. The van der Waals surface area contributed by atoms with Crippen LogP contribution in [0.4, 0.5) is 5.82 Å². The molecule has 0 amide bonds. The topological polar surface area (TPSA) is 54.8 Å². The quantitative estimate of drug-likeness (QED) is 0.767. The van der Waals surface area contributed by atoms with Gasteiger partial charge in [0.2, 0.25) is 0 Å².